The number of benzene rings is 1. The molecule has 0 amide bonds. The number of ether oxygens (including phenoxy) is 1. The zero-order chi connectivity index (χ0) is 20.6. The second kappa shape index (κ2) is 18.0. The van der Waals surface area contributed by atoms with E-state index in [1.54, 1.807) is 24.3 Å². The Morgan fingerprint density at radius 2 is 1.38 bits per heavy atom. The largest absolute Gasteiger partial charge is 1.00 e. The van der Waals surface area contributed by atoms with Crippen molar-refractivity contribution in [3.63, 3.8) is 0 Å². The fraction of sp³-hybridized carbons (Fsp3) is 0.667. The molecule has 0 radical (unpaired) electrons. The number of aliphatic carboxylic acids is 1. The number of Topliss-reactive ketones (excluding diaryl/α,β-unsaturated/α-hetero) is 1. The average molecular weight is 415 g/mol. The van der Waals surface area contributed by atoms with Gasteiger partial charge in [0, 0.05) is 12.0 Å². The van der Waals surface area contributed by atoms with Crippen LogP contribution in [0.3, 0.4) is 0 Å². The molecule has 0 saturated heterocycles. The van der Waals surface area contributed by atoms with Crippen LogP contribution in [0.2, 0.25) is 0 Å². The van der Waals surface area contributed by atoms with Gasteiger partial charge in [-0.25, -0.2) is 4.79 Å². The monoisotopic (exact) mass is 414 g/mol. The summed E-state index contributed by atoms with van der Waals surface area (Å²) in [5, 5.41) is 9.40. The van der Waals surface area contributed by atoms with Crippen LogP contribution in [0.1, 0.15) is 109 Å². The first kappa shape index (κ1) is 28.2. The zero-order valence-corrected chi connectivity index (χ0v) is 20.8. The van der Waals surface area contributed by atoms with Gasteiger partial charge >= 0.3 is 35.5 Å². The van der Waals surface area contributed by atoms with Crippen molar-refractivity contribution in [1.29, 1.82) is 0 Å². The third-order valence-electron chi connectivity index (χ3n) is 5.06. The van der Waals surface area contributed by atoms with E-state index < -0.39 is 12.1 Å². The molecule has 1 aromatic rings. The predicted octanol–water partition coefficient (Wildman–Crippen LogP) is 3.93. The van der Waals surface area contributed by atoms with E-state index in [0.29, 0.717) is 24.2 Å². The maximum atomic E-state index is 12.2. The maximum absolute atomic E-state index is 12.2. The summed E-state index contributed by atoms with van der Waals surface area (Å²) in [5.41, 5.74) is 0.672. The normalized spacial score (nSPS) is 11.5. The molecule has 0 unspecified atom stereocenters. The van der Waals surface area contributed by atoms with Crippen LogP contribution in [0.25, 0.3) is 0 Å². The van der Waals surface area contributed by atoms with Gasteiger partial charge in [-0.05, 0) is 43.5 Å². The number of carboxylic acid groups (broad SMARTS) is 1. The van der Waals surface area contributed by atoms with Gasteiger partial charge in [-0.1, -0.05) is 71.6 Å². The van der Waals surface area contributed by atoms with Crippen molar-refractivity contribution in [1.82, 2.24) is 0 Å². The Balaban J connectivity index is 0. The minimum atomic E-state index is -0.930. The molecular weight excluding hydrogens is 375 g/mol. The minimum absolute atomic E-state index is 0. The molecule has 1 N–H and O–H groups in total. The number of hydrogen-bond donors (Lipinski definition) is 1. The maximum Gasteiger partial charge on any atom is 1.00 e. The van der Waals surface area contributed by atoms with E-state index in [1.807, 2.05) is 0 Å². The summed E-state index contributed by atoms with van der Waals surface area (Å²) in [7, 11) is 0. The third-order valence-corrected chi connectivity index (χ3v) is 5.06. The second-order valence-corrected chi connectivity index (χ2v) is 7.61. The molecule has 0 aromatic heterocycles. The van der Waals surface area contributed by atoms with E-state index >= 15 is 0 Å². The van der Waals surface area contributed by atoms with E-state index in [-0.39, 0.29) is 36.8 Å². The van der Waals surface area contributed by atoms with Gasteiger partial charge in [0.05, 0.1) is 0 Å². The molecule has 5 heteroatoms. The Morgan fingerprint density at radius 3 is 1.93 bits per heavy atom. The van der Waals surface area contributed by atoms with Gasteiger partial charge in [-0.2, -0.15) is 0 Å². The number of ketones is 1. The third kappa shape index (κ3) is 13.1. The van der Waals surface area contributed by atoms with Gasteiger partial charge in [0.15, 0.2) is 11.9 Å². The molecule has 0 fully saturated rings. The van der Waals surface area contributed by atoms with Gasteiger partial charge in [-0.15, -0.1) is 0 Å². The molecule has 0 heterocycles. The van der Waals surface area contributed by atoms with Crippen molar-refractivity contribution in [2.75, 3.05) is 0 Å². The first-order valence-electron chi connectivity index (χ1n) is 11.1. The van der Waals surface area contributed by atoms with E-state index in [1.165, 1.54) is 38.5 Å². The SMILES string of the molecule is CCCCCCCC[C@H](Oc1ccc(C(=O)CCCCCCC)cc1)C(=O)O.[H-].[Na+]. The van der Waals surface area contributed by atoms with Gasteiger partial charge in [0.2, 0.25) is 0 Å². The molecule has 160 valence electrons. The van der Waals surface area contributed by atoms with Crippen molar-refractivity contribution in [3.8, 4) is 5.75 Å². The fourth-order valence-corrected chi connectivity index (χ4v) is 3.26. The number of carboxylic acids is 1. The fourth-order valence-electron chi connectivity index (χ4n) is 3.26. The van der Waals surface area contributed by atoms with Crippen LogP contribution in [0.15, 0.2) is 24.3 Å². The Bertz CT molecular complexity index is 563. The molecule has 0 aliphatic heterocycles. The van der Waals surface area contributed by atoms with Gasteiger partial charge in [0.25, 0.3) is 0 Å². The van der Waals surface area contributed by atoms with Gasteiger partial charge in [-0.3, -0.25) is 4.79 Å². The first-order valence-corrected chi connectivity index (χ1v) is 11.1. The Kier molecular flexibility index (Phi) is 17.5. The molecule has 0 spiro atoms. The molecule has 1 rings (SSSR count). The van der Waals surface area contributed by atoms with Crippen LogP contribution in [0.5, 0.6) is 5.75 Å². The molecule has 1 atom stereocenters. The van der Waals surface area contributed by atoms with E-state index in [4.69, 9.17) is 4.74 Å². The summed E-state index contributed by atoms with van der Waals surface area (Å²) in [6.45, 7) is 4.36. The molecule has 0 aliphatic carbocycles. The van der Waals surface area contributed by atoms with E-state index in [2.05, 4.69) is 13.8 Å². The Labute approximate surface area is 200 Å². The smallest absolute Gasteiger partial charge is 1.00 e. The summed E-state index contributed by atoms with van der Waals surface area (Å²) in [4.78, 5) is 23.7. The van der Waals surface area contributed by atoms with E-state index in [0.717, 1.165) is 32.1 Å². The van der Waals surface area contributed by atoms with Gasteiger partial charge in [0.1, 0.15) is 5.75 Å². The van der Waals surface area contributed by atoms with Crippen LogP contribution in [0.4, 0.5) is 0 Å². The van der Waals surface area contributed by atoms with Gasteiger partial charge < -0.3 is 11.3 Å². The van der Waals surface area contributed by atoms with E-state index in [9.17, 15) is 14.7 Å². The molecule has 0 bridgehead atoms. The summed E-state index contributed by atoms with van der Waals surface area (Å²) in [5.74, 6) is -0.274. The van der Waals surface area contributed by atoms with Crippen molar-refractivity contribution >= 4 is 11.8 Å². The van der Waals surface area contributed by atoms with Crippen molar-refractivity contribution in [2.24, 2.45) is 0 Å². The van der Waals surface area contributed by atoms with Crippen LogP contribution in [-0.2, 0) is 4.79 Å². The summed E-state index contributed by atoms with van der Waals surface area (Å²) >= 11 is 0. The Morgan fingerprint density at radius 1 is 0.862 bits per heavy atom. The number of hydrogen-bond acceptors (Lipinski definition) is 3. The number of carbonyl (C=O) groups excluding carboxylic acids is 1. The standard InChI is InChI=1S/C24H38O4.Na.H/c1-3-5-7-9-11-13-15-23(24(26)27)28-21-18-16-20(17-19-21)22(25)14-12-10-8-6-4-2;;/h16-19,23H,3-15H2,1-2H3,(H,26,27);;/q;+1;-1/t23-;;/m0../s1. The van der Waals surface area contributed by atoms with Crippen LogP contribution < -0.4 is 34.3 Å². The number of rotatable bonds is 17. The topological polar surface area (TPSA) is 63.6 Å². The first-order chi connectivity index (χ1) is 13.6. The van der Waals surface area contributed by atoms with Crippen molar-refractivity contribution in [2.45, 2.75) is 103 Å². The van der Waals surface area contributed by atoms with Crippen molar-refractivity contribution in [3.05, 3.63) is 29.8 Å². The molecule has 0 aliphatic rings. The van der Waals surface area contributed by atoms with Crippen LogP contribution in [0, 0.1) is 0 Å². The van der Waals surface area contributed by atoms with Crippen LogP contribution in [-0.4, -0.2) is 23.0 Å². The quantitative estimate of drug-likeness (QED) is 0.238. The summed E-state index contributed by atoms with van der Waals surface area (Å²) < 4.78 is 5.65. The number of unbranched alkanes of at least 4 members (excludes halogenated alkanes) is 9. The average Bonchev–Trinajstić information content (AvgIpc) is 2.69. The minimum Gasteiger partial charge on any atom is -1.00 e. The Hall–Kier alpha value is -0.840. The molecular formula is C24H39NaO4. The molecule has 4 nitrogen and oxygen atoms in total. The second-order valence-electron chi connectivity index (χ2n) is 7.61. The molecule has 1 aromatic carbocycles. The van der Waals surface area contributed by atoms with Crippen molar-refractivity contribution < 1.29 is 50.4 Å². The molecule has 0 saturated carbocycles. The van der Waals surface area contributed by atoms with Crippen LogP contribution >= 0.6 is 0 Å². The number of carbonyl (C=O) groups is 2. The zero-order valence-electron chi connectivity index (χ0n) is 19.8. The molecule has 29 heavy (non-hydrogen) atoms. The predicted molar refractivity (Wildman–Crippen MR) is 115 cm³/mol. The summed E-state index contributed by atoms with van der Waals surface area (Å²) in [6.07, 6.45) is 12.6. The summed E-state index contributed by atoms with van der Waals surface area (Å²) in [6, 6.07) is 6.91.